The summed E-state index contributed by atoms with van der Waals surface area (Å²) in [6.45, 7) is 4.58. The minimum Gasteiger partial charge on any atom is -0.349 e. The highest BCUT2D eigenvalue weighted by Gasteiger charge is 2.31. The Hall–Kier alpha value is -1.53. The third-order valence-electron chi connectivity index (χ3n) is 5.38. The molecule has 0 spiro atoms. The van der Waals surface area contributed by atoms with Crippen LogP contribution in [0.3, 0.4) is 0 Å². The van der Waals surface area contributed by atoms with E-state index in [1.54, 1.807) is 6.92 Å². The molecule has 1 aromatic carbocycles. The first kappa shape index (κ1) is 20.2. The lowest BCUT2D eigenvalue weighted by Crippen LogP contribution is -2.47. The molecule has 1 unspecified atom stereocenters. The molecule has 2 saturated heterocycles. The van der Waals surface area contributed by atoms with E-state index in [0.717, 1.165) is 25.9 Å². The van der Waals surface area contributed by atoms with E-state index >= 15 is 0 Å². The van der Waals surface area contributed by atoms with Crippen LogP contribution in [-0.4, -0.2) is 47.9 Å². The van der Waals surface area contributed by atoms with Crippen molar-refractivity contribution in [2.75, 3.05) is 26.2 Å². The number of likely N-dealkylation sites (tertiary alicyclic amines) is 2. The number of carbonyl (C=O) groups excluding carboxylic acids is 2. The van der Waals surface area contributed by atoms with Gasteiger partial charge in [0.25, 0.3) is 0 Å². The second-order valence-electron chi connectivity index (χ2n) is 7.26. The molecule has 27 heavy (non-hydrogen) atoms. The summed E-state index contributed by atoms with van der Waals surface area (Å²) in [5.41, 5.74) is 0.494. The number of benzene rings is 1. The fourth-order valence-corrected chi connectivity index (χ4v) is 4.27. The lowest BCUT2D eigenvalue weighted by atomic mass is 9.95. The summed E-state index contributed by atoms with van der Waals surface area (Å²) in [5.74, 6) is -0.820. The van der Waals surface area contributed by atoms with E-state index in [4.69, 9.17) is 23.2 Å². The Balaban J connectivity index is 1.53. The Morgan fingerprint density at radius 2 is 1.67 bits per heavy atom. The van der Waals surface area contributed by atoms with E-state index in [-0.39, 0.29) is 22.9 Å². The monoisotopic (exact) mass is 415 g/mol. The van der Waals surface area contributed by atoms with Crippen LogP contribution in [0.2, 0.25) is 10.0 Å². The van der Waals surface area contributed by atoms with Gasteiger partial charge in [0.15, 0.2) is 0 Å². The van der Waals surface area contributed by atoms with Crippen molar-refractivity contribution in [3.8, 4) is 0 Å². The molecule has 5 nitrogen and oxygen atoms in total. The van der Waals surface area contributed by atoms with Crippen molar-refractivity contribution >= 4 is 35.1 Å². The number of urea groups is 1. The van der Waals surface area contributed by atoms with Crippen LogP contribution >= 0.6 is 23.2 Å². The van der Waals surface area contributed by atoms with Gasteiger partial charge in [-0.3, -0.25) is 4.79 Å². The SMILES string of the molecule is CC(NC(=O)C1CCN(C(=O)N2CCCC2)CC1)c1cc(F)c(Cl)cc1Cl. The van der Waals surface area contributed by atoms with E-state index in [1.807, 2.05) is 9.80 Å². The second kappa shape index (κ2) is 8.65. The minimum atomic E-state index is -0.564. The summed E-state index contributed by atoms with van der Waals surface area (Å²) in [7, 11) is 0. The van der Waals surface area contributed by atoms with Crippen molar-refractivity contribution in [2.45, 2.75) is 38.6 Å². The average molecular weight is 416 g/mol. The summed E-state index contributed by atoms with van der Waals surface area (Å²) in [4.78, 5) is 28.7. The lowest BCUT2D eigenvalue weighted by molar-refractivity contribution is -0.126. The normalized spacial score (nSPS) is 19.3. The Morgan fingerprint density at radius 1 is 1.07 bits per heavy atom. The molecular weight excluding hydrogens is 392 g/mol. The zero-order chi connectivity index (χ0) is 19.6. The molecule has 1 N–H and O–H groups in total. The van der Waals surface area contributed by atoms with Crippen LogP contribution in [0.25, 0.3) is 0 Å². The van der Waals surface area contributed by atoms with Gasteiger partial charge in [-0.05, 0) is 50.3 Å². The summed E-state index contributed by atoms with van der Waals surface area (Å²) in [6.07, 6.45) is 3.38. The molecule has 2 heterocycles. The molecule has 0 aromatic heterocycles. The molecule has 0 radical (unpaired) electrons. The first-order chi connectivity index (χ1) is 12.9. The summed E-state index contributed by atoms with van der Waals surface area (Å²) in [6, 6.07) is 2.26. The van der Waals surface area contributed by atoms with Gasteiger partial charge in [-0.25, -0.2) is 9.18 Å². The van der Waals surface area contributed by atoms with Crippen LogP contribution in [0.15, 0.2) is 12.1 Å². The van der Waals surface area contributed by atoms with Crippen molar-refractivity contribution < 1.29 is 14.0 Å². The van der Waals surface area contributed by atoms with E-state index in [2.05, 4.69) is 5.32 Å². The highest BCUT2D eigenvalue weighted by molar-refractivity contribution is 6.35. The number of nitrogens with zero attached hydrogens (tertiary/aromatic N) is 2. The highest BCUT2D eigenvalue weighted by Crippen LogP contribution is 2.29. The van der Waals surface area contributed by atoms with Crippen molar-refractivity contribution in [1.29, 1.82) is 0 Å². The van der Waals surface area contributed by atoms with Crippen molar-refractivity contribution in [3.05, 3.63) is 33.6 Å². The van der Waals surface area contributed by atoms with Gasteiger partial charge in [0.2, 0.25) is 5.91 Å². The molecule has 0 bridgehead atoms. The standard InChI is InChI=1S/C19H24Cl2FN3O2/c1-12(14-10-17(22)16(21)11-15(14)20)23-18(26)13-4-8-25(9-5-13)19(27)24-6-2-3-7-24/h10-13H,2-9H2,1H3,(H,23,26). The van der Waals surface area contributed by atoms with Crippen molar-refractivity contribution in [3.63, 3.8) is 0 Å². The third kappa shape index (κ3) is 4.66. The number of carbonyl (C=O) groups is 2. The molecular formula is C19H24Cl2FN3O2. The van der Waals surface area contributed by atoms with Gasteiger partial charge >= 0.3 is 6.03 Å². The van der Waals surface area contributed by atoms with Crippen LogP contribution in [0.1, 0.15) is 44.2 Å². The predicted octanol–water partition coefficient (Wildman–Crippen LogP) is 4.24. The number of hydrogen-bond acceptors (Lipinski definition) is 2. The maximum absolute atomic E-state index is 13.7. The maximum Gasteiger partial charge on any atom is 0.319 e. The molecule has 2 aliphatic heterocycles. The number of nitrogens with one attached hydrogen (secondary N) is 1. The molecule has 8 heteroatoms. The van der Waals surface area contributed by atoms with Crippen molar-refractivity contribution in [1.82, 2.24) is 15.1 Å². The zero-order valence-electron chi connectivity index (χ0n) is 15.3. The third-order valence-corrected chi connectivity index (χ3v) is 5.99. The van der Waals surface area contributed by atoms with E-state index in [1.165, 1.54) is 12.1 Å². The lowest BCUT2D eigenvalue weighted by Gasteiger charge is -2.34. The molecule has 3 rings (SSSR count). The van der Waals surface area contributed by atoms with Gasteiger partial charge in [0, 0.05) is 37.1 Å². The second-order valence-corrected chi connectivity index (χ2v) is 8.07. The smallest absolute Gasteiger partial charge is 0.319 e. The quantitative estimate of drug-likeness (QED) is 0.750. The fourth-order valence-electron chi connectivity index (χ4n) is 3.72. The van der Waals surface area contributed by atoms with Gasteiger partial charge in [-0.1, -0.05) is 23.2 Å². The largest absolute Gasteiger partial charge is 0.349 e. The van der Waals surface area contributed by atoms with E-state index < -0.39 is 11.9 Å². The van der Waals surface area contributed by atoms with E-state index in [0.29, 0.717) is 36.5 Å². The van der Waals surface area contributed by atoms with Crippen LogP contribution < -0.4 is 5.32 Å². The molecule has 0 aliphatic carbocycles. The highest BCUT2D eigenvalue weighted by atomic mass is 35.5. The summed E-state index contributed by atoms with van der Waals surface area (Å²) >= 11 is 11.9. The van der Waals surface area contributed by atoms with Gasteiger partial charge in [0.05, 0.1) is 11.1 Å². The Labute approximate surface area is 168 Å². The molecule has 1 aromatic rings. The first-order valence-electron chi connectivity index (χ1n) is 9.35. The first-order valence-corrected chi connectivity index (χ1v) is 10.1. The van der Waals surface area contributed by atoms with Gasteiger partial charge in [-0.2, -0.15) is 0 Å². The topological polar surface area (TPSA) is 52.7 Å². The number of halogens is 3. The van der Waals surface area contributed by atoms with Crippen LogP contribution in [0.4, 0.5) is 9.18 Å². The van der Waals surface area contributed by atoms with E-state index in [9.17, 15) is 14.0 Å². The Kier molecular flexibility index (Phi) is 6.48. The summed E-state index contributed by atoms with van der Waals surface area (Å²) in [5, 5.41) is 3.18. The number of rotatable bonds is 3. The van der Waals surface area contributed by atoms with Crippen LogP contribution in [0.5, 0.6) is 0 Å². The Bertz CT molecular complexity index is 717. The predicted molar refractivity (Wildman–Crippen MR) is 103 cm³/mol. The number of amides is 3. The average Bonchev–Trinajstić information content (AvgIpc) is 3.18. The van der Waals surface area contributed by atoms with Crippen LogP contribution in [-0.2, 0) is 4.79 Å². The maximum atomic E-state index is 13.7. The molecule has 1 atom stereocenters. The number of piperidine rings is 1. The van der Waals surface area contributed by atoms with Crippen molar-refractivity contribution in [2.24, 2.45) is 5.92 Å². The molecule has 0 saturated carbocycles. The van der Waals surface area contributed by atoms with Crippen LogP contribution in [0, 0.1) is 11.7 Å². The molecule has 2 fully saturated rings. The Morgan fingerprint density at radius 3 is 2.30 bits per heavy atom. The summed E-state index contributed by atoms with van der Waals surface area (Å²) < 4.78 is 13.7. The molecule has 148 valence electrons. The minimum absolute atomic E-state index is 0.0442. The van der Waals surface area contributed by atoms with Gasteiger partial charge < -0.3 is 15.1 Å². The fraction of sp³-hybridized carbons (Fsp3) is 0.579. The molecule has 3 amide bonds. The zero-order valence-corrected chi connectivity index (χ0v) is 16.8. The number of hydrogen-bond donors (Lipinski definition) is 1. The van der Waals surface area contributed by atoms with Gasteiger partial charge in [-0.15, -0.1) is 0 Å². The van der Waals surface area contributed by atoms with Gasteiger partial charge in [0.1, 0.15) is 5.82 Å². The molecule has 2 aliphatic rings.